The van der Waals surface area contributed by atoms with Crippen molar-refractivity contribution in [3.8, 4) is 5.88 Å². The Morgan fingerprint density at radius 1 is 1.47 bits per heavy atom. The van der Waals surface area contributed by atoms with Crippen LogP contribution in [0, 0.1) is 5.92 Å². The molecule has 1 fully saturated rings. The first kappa shape index (κ1) is 13.4. The molecule has 7 heteroatoms. The van der Waals surface area contributed by atoms with Crippen molar-refractivity contribution in [2.45, 2.75) is 19.8 Å². The maximum atomic E-state index is 11.4. The summed E-state index contributed by atoms with van der Waals surface area (Å²) in [4.78, 5) is 19.4. The van der Waals surface area contributed by atoms with Crippen LogP contribution in [0.4, 0.5) is 11.5 Å². The number of carbonyl (C=O) groups is 1. The van der Waals surface area contributed by atoms with E-state index in [4.69, 9.17) is 10.5 Å². The number of carbonyl (C=O) groups excluding carboxylic acids is 1. The van der Waals surface area contributed by atoms with E-state index in [1.165, 1.54) is 6.33 Å². The van der Waals surface area contributed by atoms with Crippen LogP contribution in [0.1, 0.15) is 19.8 Å². The van der Waals surface area contributed by atoms with Crippen LogP contribution < -0.4 is 21.1 Å². The molecule has 1 aliphatic rings. The third-order valence-electron chi connectivity index (χ3n) is 2.79. The highest BCUT2D eigenvalue weighted by molar-refractivity contribution is 5.80. The molecule has 0 aliphatic heterocycles. The zero-order valence-electron chi connectivity index (χ0n) is 11.0. The molecular weight excluding hydrogens is 246 g/mol. The second kappa shape index (κ2) is 6.21. The summed E-state index contributed by atoms with van der Waals surface area (Å²) in [5, 5.41) is 5.91. The SMILES string of the molecule is CCOc1ncnc(NCCNC(=O)C2CC2)c1N. The van der Waals surface area contributed by atoms with E-state index in [1.54, 1.807) is 0 Å². The Bertz CT molecular complexity index is 448. The number of ether oxygens (including phenoxy) is 1. The van der Waals surface area contributed by atoms with Crippen LogP contribution in [0.15, 0.2) is 6.33 Å². The van der Waals surface area contributed by atoms with Gasteiger partial charge in [-0.15, -0.1) is 0 Å². The minimum Gasteiger partial charge on any atom is -0.476 e. The van der Waals surface area contributed by atoms with E-state index in [0.717, 1.165) is 12.8 Å². The predicted molar refractivity (Wildman–Crippen MR) is 71.8 cm³/mol. The van der Waals surface area contributed by atoms with Gasteiger partial charge < -0.3 is 21.1 Å². The normalized spacial score (nSPS) is 13.9. The van der Waals surface area contributed by atoms with Gasteiger partial charge in [-0.2, -0.15) is 4.98 Å². The lowest BCUT2D eigenvalue weighted by Gasteiger charge is -2.11. The van der Waals surface area contributed by atoms with Gasteiger partial charge in [-0.05, 0) is 19.8 Å². The Kier molecular flexibility index (Phi) is 4.38. The summed E-state index contributed by atoms with van der Waals surface area (Å²) in [6, 6.07) is 0. The lowest BCUT2D eigenvalue weighted by atomic mass is 10.4. The third-order valence-corrected chi connectivity index (χ3v) is 2.79. The molecule has 4 N–H and O–H groups in total. The van der Waals surface area contributed by atoms with Gasteiger partial charge in [0.1, 0.15) is 12.0 Å². The Morgan fingerprint density at radius 3 is 2.95 bits per heavy atom. The van der Waals surface area contributed by atoms with E-state index >= 15 is 0 Å². The fraction of sp³-hybridized carbons (Fsp3) is 0.583. The summed E-state index contributed by atoms with van der Waals surface area (Å²) < 4.78 is 5.28. The van der Waals surface area contributed by atoms with Crippen LogP contribution in [0.25, 0.3) is 0 Å². The lowest BCUT2D eigenvalue weighted by Crippen LogP contribution is -2.30. The smallest absolute Gasteiger partial charge is 0.242 e. The van der Waals surface area contributed by atoms with Crippen LogP contribution in [0.3, 0.4) is 0 Å². The van der Waals surface area contributed by atoms with Crippen molar-refractivity contribution in [2.75, 3.05) is 30.7 Å². The molecule has 7 nitrogen and oxygen atoms in total. The highest BCUT2D eigenvalue weighted by atomic mass is 16.5. The standard InChI is InChI=1S/C12H19N5O2/c1-2-19-12-9(13)10(16-7-17-12)14-5-6-15-11(18)8-3-4-8/h7-8H,2-6,13H2,1H3,(H,15,18)(H,14,16,17). The molecule has 0 radical (unpaired) electrons. The monoisotopic (exact) mass is 265 g/mol. The van der Waals surface area contributed by atoms with E-state index in [-0.39, 0.29) is 11.8 Å². The number of nitrogens with two attached hydrogens (primary N) is 1. The quantitative estimate of drug-likeness (QED) is 0.617. The Labute approximate surface area is 111 Å². The molecular formula is C12H19N5O2. The number of rotatable bonds is 7. The molecule has 0 spiro atoms. The van der Waals surface area contributed by atoms with Crippen molar-refractivity contribution >= 4 is 17.4 Å². The van der Waals surface area contributed by atoms with Crippen molar-refractivity contribution in [1.29, 1.82) is 0 Å². The van der Waals surface area contributed by atoms with Crippen molar-refractivity contribution in [3.05, 3.63) is 6.33 Å². The average molecular weight is 265 g/mol. The second-order valence-electron chi connectivity index (χ2n) is 4.37. The lowest BCUT2D eigenvalue weighted by molar-refractivity contribution is -0.122. The maximum Gasteiger partial charge on any atom is 0.242 e. The number of nitrogen functional groups attached to an aromatic ring is 1. The van der Waals surface area contributed by atoms with E-state index in [9.17, 15) is 4.79 Å². The van der Waals surface area contributed by atoms with Gasteiger partial charge in [0, 0.05) is 19.0 Å². The Morgan fingerprint density at radius 2 is 2.26 bits per heavy atom. The summed E-state index contributed by atoms with van der Waals surface area (Å²) in [6.45, 7) is 3.47. The third kappa shape index (κ3) is 3.70. The van der Waals surface area contributed by atoms with Gasteiger partial charge in [-0.3, -0.25) is 4.79 Å². The number of nitrogens with zero attached hydrogens (tertiary/aromatic N) is 2. The molecule has 2 rings (SSSR count). The molecule has 1 aromatic heterocycles. The average Bonchev–Trinajstić information content (AvgIpc) is 3.23. The van der Waals surface area contributed by atoms with Crippen LogP contribution in [-0.2, 0) is 4.79 Å². The summed E-state index contributed by atoms with van der Waals surface area (Å²) >= 11 is 0. The topological polar surface area (TPSA) is 102 Å². The molecule has 0 saturated heterocycles. The molecule has 0 aromatic carbocycles. The van der Waals surface area contributed by atoms with Gasteiger partial charge >= 0.3 is 0 Å². The number of hydrogen-bond acceptors (Lipinski definition) is 6. The largest absolute Gasteiger partial charge is 0.476 e. The Hall–Kier alpha value is -2.05. The number of amides is 1. The fourth-order valence-electron chi connectivity index (χ4n) is 1.63. The van der Waals surface area contributed by atoms with Crippen molar-refractivity contribution in [2.24, 2.45) is 5.92 Å². The van der Waals surface area contributed by atoms with Crippen molar-refractivity contribution in [3.63, 3.8) is 0 Å². The summed E-state index contributed by atoms with van der Waals surface area (Å²) in [6.07, 6.45) is 3.41. The fourth-order valence-corrected chi connectivity index (χ4v) is 1.63. The molecule has 104 valence electrons. The van der Waals surface area contributed by atoms with E-state index in [2.05, 4.69) is 20.6 Å². The van der Waals surface area contributed by atoms with Crippen molar-refractivity contribution < 1.29 is 9.53 Å². The van der Waals surface area contributed by atoms with Crippen LogP contribution >= 0.6 is 0 Å². The molecule has 1 aliphatic carbocycles. The number of aromatic nitrogens is 2. The van der Waals surface area contributed by atoms with E-state index in [0.29, 0.717) is 37.1 Å². The molecule has 0 bridgehead atoms. The summed E-state index contributed by atoms with van der Waals surface area (Å²) in [5.74, 6) is 1.27. The second-order valence-corrected chi connectivity index (χ2v) is 4.37. The van der Waals surface area contributed by atoms with Crippen LogP contribution in [0.5, 0.6) is 5.88 Å². The minimum absolute atomic E-state index is 0.132. The zero-order valence-corrected chi connectivity index (χ0v) is 11.0. The van der Waals surface area contributed by atoms with Crippen molar-refractivity contribution in [1.82, 2.24) is 15.3 Å². The highest BCUT2D eigenvalue weighted by Crippen LogP contribution is 2.28. The molecule has 1 heterocycles. The van der Waals surface area contributed by atoms with Crippen LogP contribution in [0.2, 0.25) is 0 Å². The molecule has 1 saturated carbocycles. The van der Waals surface area contributed by atoms with E-state index in [1.807, 2.05) is 6.92 Å². The molecule has 1 amide bonds. The summed E-state index contributed by atoms with van der Waals surface area (Å²) in [7, 11) is 0. The molecule has 0 unspecified atom stereocenters. The van der Waals surface area contributed by atoms with Gasteiger partial charge in [0.25, 0.3) is 0 Å². The zero-order chi connectivity index (χ0) is 13.7. The number of nitrogens with one attached hydrogen (secondary N) is 2. The van der Waals surface area contributed by atoms with Crippen LogP contribution in [-0.4, -0.2) is 35.6 Å². The summed E-state index contributed by atoms with van der Waals surface area (Å²) in [5.41, 5.74) is 6.26. The highest BCUT2D eigenvalue weighted by Gasteiger charge is 2.28. The van der Waals surface area contributed by atoms with E-state index < -0.39 is 0 Å². The molecule has 1 aromatic rings. The number of hydrogen-bond donors (Lipinski definition) is 3. The first-order valence-corrected chi connectivity index (χ1v) is 6.47. The minimum atomic E-state index is 0.132. The maximum absolute atomic E-state index is 11.4. The molecule has 0 atom stereocenters. The predicted octanol–water partition coefficient (Wildman–Crippen LogP) is 0.396. The van der Waals surface area contributed by atoms with Gasteiger partial charge in [-0.1, -0.05) is 0 Å². The van der Waals surface area contributed by atoms with Gasteiger partial charge in [0.2, 0.25) is 11.8 Å². The van der Waals surface area contributed by atoms with Gasteiger partial charge in [0.15, 0.2) is 5.82 Å². The number of anilines is 2. The van der Waals surface area contributed by atoms with Gasteiger partial charge in [0.05, 0.1) is 6.61 Å². The Balaban J connectivity index is 1.78. The van der Waals surface area contributed by atoms with Gasteiger partial charge in [-0.25, -0.2) is 4.98 Å². The first-order valence-electron chi connectivity index (χ1n) is 6.47. The molecule has 19 heavy (non-hydrogen) atoms. The first-order chi connectivity index (χ1) is 9.22.